The number of carboxylic acid groups (broad SMARTS) is 1. The first-order valence-corrected chi connectivity index (χ1v) is 6.76. The molecule has 2 aliphatic rings. The molecule has 0 bridgehead atoms. The molecule has 0 amide bonds. The molecule has 4 heteroatoms. The molecule has 1 saturated carbocycles. The lowest BCUT2D eigenvalue weighted by Crippen LogP contribution is -2.42. The SMILES string of the molecule is CC(C)N1CCC(N(CC(=O)O)CC2CC2)C1. The maximum atomic E-state index is 10.9. The lowest BCUT2D eigenvalue weighted by Gasteiger charge is -2.28. The van der Waals surface area contributed by atoms with E-state index in [9.17, 15) is 4.79 Å². The Balaban J connectivity index is 1.88. The number of carboxylic acids is 1. The van der Waals surface area contributed by atoms with Crippen molar-refractivity contribution in [2.24, 2.45) is 5.92 Å². The molecule has 1 N–H and O–H groups in total. The summed E-state index contributed by atoms with van der Waals surface area (Å²) in [4.78, 5) is 15.6. The molecule has 0 spiro atoms. The number of hydrogen-bond donors (Lipinski definition) is 1. The summed E-state index contributed by atoms with van der Waals surface area (Å²) in [5, 5.41) is 9.00. The Hall–Kier alpha value is -0.610. The second kappa shape index (κ2) is 5.36. The van der Waals surface area contributed by atoms with Gasteiger partial charge in [-0.25, -0.2) is 0 Å². The van der Waals surface area contributed by atoms with E-state index in [1.807, 2.05) is 0 Å². The molecule has 4 nitrogen and oxygen atoms in total. The van der Waals surface area contributed by atoms with Crippen molar-refractivity contribution in [2.75, 3.05) is 26.2 Å². The fourth-order valence-corrected chi connectivity index (χ4v) is 2.68. The normalized spacial score (nSPS) is 26.0. The molecule has 1 unspecified atom stereocenters. The van der Waals surface area contributed by atoms with E-state index in [1.165, 1.54) is 12.8 Å². The average Bonchev–Trinajstić information content (AvgIpc) is 2.92. The second-order valence-corrected chi connectivity index (χ2v) is 5.80. The third kappa shape index (κ3) is 3.68. The van der Waals surface area contributed by atoms with Crippen LogP contribution >= 0.6 is 0 Å². The van der Waals surface area contributed by atoms with Crippen LogP contribution in [0.25, 0.3) is 0 Å². The van der Waals surface area contributed by atoms with Crippen molar-refractivity contribution < 1.29 is 9.90 Å². The molecule has 1 saturated heterocycles. The van der Waals surface area contributed by atoms with E-state index in [0.29, 0.717) is 12.1 Å². The van der Waals surface area contributed by atoms with Crippen molar-refractivity contribution >= 4 is 5.97 Å². The molecule has 0 radical (unpaired) electrons. The highest BCUT2D eigenvalue weighted by Gasteiger charge is 2.33. The first-order chi connectivity index (χ1) is 8.06. The van der Waals surface area contributed by atoms with E-state index < -0.39 is 5.97 Å². The largest absolute Gasteiger partial charge is 0.480 e. The highest BCUT2D eigenvalue weighted by atomic mass is 16.4. The van der Waals surface area contributed by atoms with Crippen LogP contribution in [0.3, 0.4) is 0 Å². The van der Waals surface area contributed by atoms with Gasteiger partial charge in [0.2, 0.25) is 0 Å². The molecule has 2 rings (SSSR count). The topological polar surface area (TPSA) is 43.8 Å². The smallest absolute Gasteiger partial charge is 0.317 e. The summed E-state index contributed by atoms with van der Waals surface area (Å²) in [5.74, 6) is 0.0797. The Bertz CT molecular complexity index is 277. The van der Waals surface area contributed by atoms with Crippen LogP contribution in [-0.4, -0.2) is 59.1 Å². The summed E-state index contributed by atoms with van der Waals surface area (Å²) in [7, 11) is 0. The molecule has 1 aliphatic carbocycles. The number of hydrogen-bond acceptors (Lipinski definition) is 3. The molecule has 98 valence electrons. The van der Waals surface area contributed by atoms with Gasteiger partial charge in [0.1, 0.15) is 0 Å². The molecule has 1 aliphatic heterocycles. The van der Waals surface area contributed by atoms with Crippen LogP contribution in [0.5, 0.6) is 0 Å². The first-order valence-electron chi connectivity index (χ1n) is 6.76. The Labute approximate surface area is 104 Å². The van der Waals surface area contributed by atoms with Gasteiger partial charge in [0.15, 0.2) is 0 Å². The Morgan fingerprint density at radius 2 is 2.12 bits per heavy atom. The Morgan fingerprint density at radius 3 is 2.59 bits per heavy atom. The van der Waals surface area contributed by atoms with E-state index in [1.54, 1.807) is 0 Å². The lowest BCUT2D eigenvalue weighted by atomic mass is 10.2. The third-order valence-electron chi connectivity index (χ3n) is 3.97. The fraction of sp³-hybridized carbons (Fsp3) is 0.923. The van der Waals surface area contributed by atoms with Crippen LogP contribution in [0.4, 0.5) is 0 Å². The number of aliphatic carboxylic acids is 1. The minimum Gasteiger partial charge on any atom is -0.480 e. The van der Waals surface area contributed by atoms with Crippen LogP contribution in [0.15, 0.2) is 0 Å². The van der Waals surface area contributed by atoms with E-state index in [0.717, 1.165) is 32.0 Å². The zero-order valence-electron chi connectivity index (χ0n) is 10.9. The Kier molecular flexibility index (Phi) is 4.05. The summed E-state index contributed by atoms with van der Waals surface area (Å²) in [6.45, 7) is 7.78. The van der Waals surface area contributed by atoms with Gasteiger partial charge in [0.25, 0.3) is 0 Å². The minimum absolute atomic E-state index is 0.215. The van der Waals surface area contributed by atoms with E-state index in [-0.39, 0.29) is 6.54 Å². The van der Waals surface area contributed by atoms with E-state index in [4.69, 9.17) is 5.11 Å². The fourth-order valence-electron chi connectivity index (χ4n) is 2.68. The zero-order chi connectivity index (χ0) is 12.4. The van der Waals surface area contributed by atoms with Gasteiger partial charge < -0.3 is 5.11 Å². The van der Waals surface area contributed by atoms with Crippen LogP contribution in [-0.2, 0) is 4.79 Å². The highest BCUT2D eigenvalue weighted by Crippen LogP contribution is 2.31. The summed E-state index contributed by atoms with van der Waals surface area (Å²) >= 11 is 0. The quantitative estimate of drug-likeness (QED) is 0.759. The third-order valence-corrected chi connectivity index (χ3v) is 3.97. The lowest BCUT2D eigenvalue weighted by molar-refractivity contribution is -0.138. The molecule has 1 atom stereocenters. The van der Waals surface area contributed by atoms with Gasteiger partial charge in [0, 0.05) is 31.7 Å². The molecule has 17 heavy (non-hydrogen) atoms. The maximum Gasteiger partial charge on any atom is 0.317 e. The van der Waals surface area contributed by atoms with Gasteiger partial charge in [-0.1, -0.05) is 0 Å². The van der Waals surface area contributed by atoms with Crippen molar-refractivity contribution in [3.63, 3.8) is 0 Å². The number of nitrogens with zero attached hydrogens (tertiary/aromatic N) is 2. The first kappa shape index (κ1) is 12.8. The maximum absolute atomic E-state index is 10.9. The monoisotopic (exact) mass is 240 g/mol. The zero-order valence-corrected chi connectivity index (χ0v) is 10.9. The van der Waals surface area contributed by atoms with E-state index >= 15 is 0 Å². The standard InChI is InChI=1S/C13H24N2O2/c1-10(2)14-6-5-12(8-14)15(9-13(16)17)7-11-3-4-11/h10-12H,3-9H2,1-2H3,(H,16,17). The van der Waals surface area contributed by atoms with Crippen molar-refractivity contribution in [3.8, 4) is 0 Å². The molecule has 0 aromatic heterocycles. The van der Waals surface area contributed by atoms with Crippen molar-refractivity contribution in [1.29, 1.82) is 0 Å². The number of carbonyl (C=O) groups is 1. The van der Waals surface area contributed by atoms with Gasteiger partial charge in [-0.15, -0.1) is 0 Å². The predicted octanol–water partition coefficient (Wildman–Crippen LogP) is 1.27. The van der Waals surface area contributed by atoms with Crippen LogP contribution in [0.2, 0.25) is 0 Å². The van der Waals surface area contributed by atoms with Gasteiger partial charge in [-0.2, -0.15) is 0 Å². The summed E-state index contributed by atoms with van der Waals surface area (Å²) in [6.07, 6.45) is 3.70. The number of likely N-dealkylation sites (tertiary alicyclic amines) is 1. The molecular formula is C13H24N2O2. The molecule has 1 heterocycles. The molecule has 0 aromatic carbocycles. The highest BCUT2D eigenvalue weighted by molar-refractivity contribution is 5.69. The molecule has 0 aromatic rings. The van der Waals surface area contributed by atoms with Crippen molar-refractivity contribution in [2.45, 2.75) is 45.2 Å². The summed E-state index contributed by atoms with van der Waals surface area (Å²) in [6, 6.07) is 1.03. The van der Waals surface area contributed by atoms with Gasteiger partial charge in [0.05, 0.1) is 6.54 Å². The summed E-state index contributed by atoms with van der Waals surface area (Å²) < 4.78 is 0. The second-order valence-electron chi connectivity index (χ2n) is 5.80. The average molecular weight is 240 g/mol. The van der Waals surface area contributed by atoms with Gasteiger partial charge >= 0.3 is 5.97 Å². The van der Waals surface area contributed by atoms with Crippen LogP contribution in [0, 0.1) is 5.92 Å². The van der Waals surface area contributed by atoms with Gasteiger partial charge in [-0.05, 0) is 39.0 Å². The van der Waals surface area contributed by atoms with E-state index in [2.05, 4.69) is 23.6 Å². The minimum atomic E-state index is -0.686. The predicted molar refractivity (Wildman–Crippen MR) is 67.0 cm³/mol. The van der Waals surface area contributed by atoms with Crippen LogP contribution in [0.1, 0.15) is 33.1 Å². The summed E-state index contributed by atoms with van der Waals surface area (Å²) in [5.41, 5.74) is 0. The molecular weight excluding hydrogens is 216 g/mol. The Morgan fingerprint density at radius 1 is 1.41 bits per heavy atom. The van der Waals surface area contributed by atoms with Crippen molar-refractivity contribution in [1.82, 2.24) is 9.80 Å². The van der Waals surface area contributed by atoms with Crippen LogP contribution < -0.4 is 0 Å². The van der Waals surface area contributed by atoms with Crippen molar-refractivity contribution in [3.05, 3.63) is 0 Å². The number of rotatable bonds is 6. The molecule has 2 fully saturated rings. The van der Waals surface area contributed by atoms with Gasteiger partial charge in [-0.3, -0.25) is 14.6 Å².